The molecule has 1 rings (SSSR count). The van der Waals surface area contributed by atoms with Gasteiger partial charge in [-0.2, -0.15) is 0 Å². The number of hydrogen-bond donors (Lipinski definition) is 2. The number of nitrogens with one attached hydrogen (secondary N) is 2. The molecule has 3 nitrogen and oxygen atoms in total. The van der Waals surface area contributed by atoms with Crippen molar-refractivity contribution in [1.29, 1.82) is 0 Å². The van der Waals surface area contributed by atoms with Crippen LogP contribution in [0.25, 0.3) is 0 Å². The molecule has 0 unspecified atom stereocenters. The van der Waals surface area contributed by atoms with Crippen LogP contribution in [0.2, 0.25) is 0 Å². The summed E-state index contributed by atoms with van der Waals surface area (Å²) in [5.41, 5.74) is 0. The second kappa shape index (κ2) is 5.36. The van der Waals surface area contributed by atoms with Gasteiger partial charge in [0.05, 0.1) is 13.1 Å². The van der Waals surface area contributed by atoms with Crippen LogP contribution in [0.5, 0.6) is 0 Å². The van der Waals surface area contributed by atoms with E-state index in [-0.39, 0.29) is 5.91 Å². The molecule has 0 saturated carbocycles. The number of likely N-dealkylation sites (N-methyl/N-ethyl adjacent to an activating group) is 1. The molecule has 0 bridgehead atoms. The average Bonchev–Trinajstić information content (AvgIpc) is 2.49. The monoisotopic (exact) mass is 262 g/mol. The van der Waals surface area contributed by atoms with Crippen molar-refractivity contribution in [2.75, 3.05) is 13.6 Å². The highest BCUT2D eigenvalue weighted by Crippen LogP contribution is 2.19. The Morgan fingerprint density at radius 2 is 2.46 bits per heavy atom. The van der Waals surface area contributed by atoms with Crippen LogP contribution in [0.15, 0.2) is 15.9 Å². The third kappa shape index (κ3) is 3.89. The molecule has 0 radical (unpaired) electrons. The fraction of sp³-hybridized carbons (Fsp3) is 0.375. The first-order valence-corrected chi connectivity index (χ1v) is 5.54. The average molecular weight is 263 g/mol. The standard InChI is InChI=1S/C8H11BrN2OS/c1-10-4-8(12)11-3-7-2-6(9)5-13-7/h2,5,10H,3-4H2,1H3,(H,11,12). The molecular weight excluding hydrogens is 252 g/mol. The summed E-state index contributed by atoms with van der Waals surface area (Å²) < 4.78 is 1.07. The Labute approximate surface area is 89.7 Å². The van der Waals surface area contributed by atoms with Crippen molar-refractivity contribution in [3.63, 3.8) is 0 Å². The lowest BCUT2D eigenvalue weighted by Crippen LogP contribution is -2.31. The van der Waals surface area contributed by atoms with Gasteiger partial charge in [-0.05, 0) is 29.0 Å². The number of halogens is 1. The Morgan fingerprint density at radius 1 is 1.69 bits per heavy atom. The normalized spacial score (nSPS) is 10.0. The minimum Gasteiger partial charge on any atom is -0.350 e. The van der Waals surface area contributed by atoms with Crippen LogP contribution in [0.1, 0.15) is 4.88 Å². The second-order valence-electron chi connectivity index (χ2n) is 2.54. The fourth-order valence-corrected chi connectivity index (χ4v) is 2.25. The Hall–Kier alpha value is -0.390. The summed E-state index contributed by atoms with van der Waals surface area (Å²) in [6.45, 7) is 0.976. The largest absolute Gasteiger partial charge is 0.350 e. The molecule has 0 saturated heterocycles. The van der Waals surface area contributed by atoms with E-state index in [1.807, 2.05) is 11.4 Å². The Balaban J connectivity index is 2.30. The third-order valence-electron chi connectivity index (χ3n) is 1.42. The van der Waals surface area contributed by atoms with Gasteiger partial charge in [-0.3, -0.25) is 4.79 Å². The zero-order valence-electron chi connectivity index (χ0n) is 7.26. The maximum absolute atomic E-state index is 11.0. The molecule has 13 heavy (non-hydrogen) atoms. The highest BCUT2D eigenvalue weighted by molar-refractivity contribution is 9.10. The van der Waals surface area contributed by atoms with Gasteiger partial charge in [-0.1, -0.05) is 0 Å². The van der Waals surface area contributed by atoms with Crippen molar-refractivity contribution in [2.24, 2.45) is 0 Å². The number of carbonyl (C=O) groups is 1. The van der Waals surface area contributed by atoms with Gasteiger partial charge >= 0.3 is 0 Å². The summed E-state index contributed by atoms with van der Waals surface area (Å²) in [4.78, 5) is 12.2. The summed E-state index contributed by atoms with van der Waals surface area (Å²) in [5.74, 6) is 0.0204. The Kier molecular flexibility index (Phi) is 4.41. The van der Waals surface area contributed by atoms with Gasteiger partial charge in [0.15, 0.2) is 0 Å². The van der Waals surface area contributed by atoms with Crippen molar-refractivity contribution < 1.29 is 4.79 Å². The van der Waals surface area contributed by atoms with Gasteiger partial charge in [-0.15, -0.1) is 11.3 Å². The van der Waals surface area contributed by atoms with E-state index in [0.29, 0.717) is 13.1 Å². The van der Waals surface area contributed by atoms with Crippen molar-refractivity contribution in [3.8, 4) is 0 Å². The first-order valence-electron chi connectivity index (χ1n) is 3.86. The summed E-state index contributed by atoms with van der Waals surface area (Å²) in [6.07, 6.45) is 0. The van der Waals surface area contributed by atoms with Gasteiger partial charge in [0, 0.05) is 14.7 Å². The van der Waals surface area contributed by atoms with Gasteiger partial charge < -0.3 is 10.6 Å². The second-order valence-corrected chi connectivity index (χ2v) is 4.45. The van der Waals surface area contributed by atoms with E-state index in [1.165, 1.54) is 0 Å². The summed E-state index contributed by atoms with van der Waals surface area (Å²) in [7, 11) is 1.75. The van der Waals surface area contributed by atoms with Gasteiger partial charge in [0.2, 0.25) is 5.91 Å². The molecular formula is C8H11BrN2OS. The van der Waals surface area contributed by atoms with Crippen molar-refractivity contribution >= 4 is 33.2 Å². The minimum absolute atomic E-state index is 0.0204. The maximum Gasteiger partial charge on any atom is 0.234 e. The lowest BCUT2D eigenvalue weighted by Gasteiger charge is -2.01. The van der Waals surface area contributed by atoms with E-state index in [9.17, 15) is 4.79 Å². The topological polar surface area (TPSA) is 41.1 Å². The molecule has 1 aromatic rings. The molecule has 5 heteroatoms. The fourth-order valence-electron chi connectivity index (χ4n) is 0.855. The van der Waals surface area contributed by atoms with Crippen LogP contribution in [0, 0.1) is 0 Å². The molecule has 1 amide bonds. The predicted molar refractivity (Wildman–Crippen MR) is 57.8 cm³/mol. The van der Waals surface area contributed by atoms with Crippen LogP contribution >= 0.6 is 27.3 Å². The quantitative estimate of drug-likeness (QED) is 0.860. The summed E-state index contributed by atoms with van der Waals surface area (Å²) in [5, 5.41) is 7.59. The van der Waals surface area contributed by atoms with Crippen LogP contribution in [-0.2, 0) is 11.3 Å². The van der Waals surface area contributed by atoms with E-state index in [1.54, 1.807) is 18.4 Å². The number of thiophene rings is 1. The van der Waals surface area contributed by atoms with E-state index < -0.39 is 0 Å². The predicted octanol–water partition coefficient (Wildman–Crippen LogP) is 1.35. The van der Waals surface area contributed by atoms with Crippen LogP contribution in [0.4, 0.5) is 0 Å². The van der Waals surface area contributed by atoms with Crippen LogP contribution < -0.4 is 10.6 Å². The molecule has 0 aliphatic heterocycles. The van der Waals surface area contributed by atoms with Crippen molar-refractivity contribution in [3.05, 3.63) is 20.8 Å². The van der Waals surface area contributed by atoms with E-state index >= 15 is 0 Å². The van der Waals surface area contributed by atoms with Gasteiger partial charge in [0.1, 0.15) is 0 Å². The molecule has 1 aromatic heterocycles. The molecule has 0 aliphatic carbocycles. The smallest absolute Gasteiger partial charge is 0.234 e. The van der Waals surface area contributed by atoms with Crippen molar-refractivity contribution in [2.45, 2.75) is 6.54 Å². The highest BCUT2D eigenvalue weighted by Gasteiger charge is 2.00. The molecule has 72 valence electrons. The molecule has 0 atom stereocenters. The summed E-state index contributed by atoms with van der Waals surface area (Å²) in [6, 6.07) is 2.00. The zero-order chi connectivity index (χ0) is 9.68. The minimum atomic E-state index is 0.0204. The lowest BCUT2D eigenvalue weighted by atomic mass is 10.4. The van der Waals surface area contributed by atoms with E-state index in [2.05, 4.69) is 26.6 Å². The number of amides is 1. The molecule has 0 aromatic carbocycles. The lowest BCUT2D eigenvalue weighted by molar-refractivity contribution is -0.120. The van der Waals surface area contributed by atoms with Crippen molar-refractivity contribution in [1.82, 2.24) is 10.6 Å². The molecule has 1 heterocycles. The Bertz CT molecular complexity index is 287. The number of carbonyl (C=O) groups excluding carboxylic acids is 1. The first-order chi connectivity index (χ1) is 6.22. The Morgan fingerprint density at radius 3 is 3.00 bits per heavy atom. The molecule has 0 aliphatic rings. The first kappa shape index (κ1) is 10.7. The van der Waals surface area contributed by atoms with E-state index in [0.717, 1.165) is 9.35 Å². The van der Waals surface area contributed by atoms with E-state index in [4.69, 9.17) is 0 Å². The summed E-state index contributed by atoms with van der Waals surface area (Å²) >= 11 is 4.98. The SMILES string of the molecule is CNCC(=O)NCc1cc(Br)cs1. The maximum atomic E-state index is 11.0. The molecule has 2 N–H and O–H groups in total. The number of rotatable bonds is 4. The van der Waals surface area contributed by atoms with Gasteiger partial charge in [-0.25, -0.2) is 0 Å². The van der Waals surface area contributed by atoms with Crippen LogP contribution in [-0.4, -0.2) is 19.5 Å². The van der Waals surface area contributed by atoms with Crippen LogP contribution in [0.3, 0.4) is 0 Å². The highest BCUT2D eigenvalue weighted by atomic mass is 79.9. The zero-order valence-corrected chi connectivity index (χ0v) is 9.67. The molecule has 0 spiro atoms. The number of hydrogen-bond acceptors (Lipinski definition) is 3. The van der Waals surface area contributed by atoms with Gasteiger partial charge in [0.25, 0.3) is 0 Å². The molecule has 0 fully saturated rings. The third-order valence-corrected chi connectivity index (χ3v) is 3.12.